The molecular formula is C6H15NS2. The number of nitrogens with one attached hydrogen (secondary N) is 1. The third kappa shape index (κ3) is 5.12. The second-order valence-electron chi connectivity index (χ2n) is 1.92. The first-order valence-corrected chi connectivity index (χ1v) is 5.60. The molecular weight excluding hydrogens is 150 g/mol. The minimum Gasteiger partial charge on any atom is -0.294 e. The lowest BCUT2D eigenvalue weighted by Gasteiger charge is -2.15. The van der Waals surface area contributed by atoms with Crippen LogP contribution in [-0.4, -0.2) is 23.3 Å². The maximum absolute atomic E-state index is 3.41. The summed E-state index contributed by atoms with van der Waals surface area (Å²) in [5.41, 5.74) is 0. The zero-order valence-electron chi connectivity index (χ0n) is 6.47. The van der Waals surface area contributed by atoms with Crippen molar-refractivity contribution in [2.75, 3.05) is 12.5 Å². The molecule has 0 aliphatic rings. The van der Waals surface area contributed by atoms with E-state index in [9.17, 15) is 0 Å². The van der Waals surface area contributed by atoms with Crippen molar-refractivity contribution in [3.63, 3.8) is 0 Å². The Bertz CT molecular complexity index is 60.1. The molecule has 2 unspecified atom stereocenters. The molecule has 2 atom stereocenters. The quantitative estimate of drug-likeness (QED) is 0.640. The van der Waals surface area contributed by atoms with Crippen LogP contribution >= 0.6 is 23.5 Å². The fraction of sp³-hybridized carbons (Fsp3) is 1.00. The van der Waals surface area contributed by atoms with E-state index in [2.05, 4.69) is 31.7 Å². The van der Waals surface area contributed by atoms with E-state index < -0.39 is 0 Å². The standard InChI is InChI=1S/C6H15NS2/c1-5(8-3)7-6(2)9-4/h5-7H,1-4H3. The van der Waals surface area contributed by atoms with Gasteiger partial charge in [-0.3, -0.25) is 5.32 Å². The van der Waals surface area contributed by atoms with Crippen LogP contribution in [0.15, 0.2) is 0 Å². The summed E-state index contributed by atoms with van der Waals surface area (Å²) in [4.78, 5) is 0. The normalized spacial score (nSPS) is 17.3. The Balaban J connectivity index is 3.22. The molecule has 9 heavy (non-hydrogen) atoms. The lowest BCUT2D eigenvalue weighted by atomic mass is 10.6. The van der Waals surface area contributed by atoms with Gasteiger partial charge in [-0.15, -0.1) is 23.5 Å². The zero-order chi connectivity index (χ0) is 7.28. The van der Waals surface area contributed by atoms with Gasteiger partial charge in [0.2, 0.25) is 0 Å². The average Bonchev–Trinajstić information content (AvgIpc) is 1.87. The fourth-order valence-electron chi connectivity index (χ4n) is 0.467. The first kappa shape index (κ1) is 9.66. The van der Waals surface area contributed by atoms with Gasteiger partial charge >= 0.3 is 0 Å². The highest BCUT2D eigenvalue weighted by atomic mass is 32.2. The molecule has 0 aliphatic heterocycles. The molecule has 56 valence electrons. The lowest BCUT2D eigenvalue weighted by molar-refractivity contribution is 0.684. The van der Waals surface area contributed by atoms with Crippen LogP contribution in [0.5, 0.6) is 0 Å². The summed E-state index contributed by atoms with van der Waals surface area (Å²) in [6.45, 7) is 4.36. The van der Waals surface area contributed by atoms with Crippen molar-refractivity contribution in [2.45, 2.75) is 24.6 Å². The van der Waals surface area contributed by atoms with Gasteiger partial charge in [0.15, 0.2) is 0 Å². The second kappa shape index (κ2) is 5.45. The zero-order valence-corrected chi connectivity index (χ0v) is 8.10. The Labute approximate surface area is 66.4 Å². The summed E-state index contributed by atoms with van der Waals surface area (Å²) in [5, 5.41) is 4.56. The van der Waals surface area contributed by atoms with Crippen molar-refractivity contribution in [2.24, 2.45) is 0 Å². The molecule has 0 aromatic rings. The van der Waals surface area contributed by atoms with Gasteiger partial charge in [-0.1, -0.05) is 0 Å². The van der Waals surface area contributed by atoms with Crippen molar-refractivity contribution in [1.29, 1.82) is 0 Å². The maximum Gasteiger partial charge on any atom is 0.0509 e. The van der Waals surface area contributed by atoms with Crippen LogP contribution < -0.4 is 5.32 Å². The van der Waals surface area contributed by atoms with Gasteiger partial charge in [0.05, 0.1) is 10.7 Å². The molecule has 0 heterocycles. The smallest absolute Gasteiger partial charge is 0.0509 e. The molecule has 0 saturated heterocycles. The van der Waals surface area contributed by atoms with Crippen molar-refractivity contribution in [3.05, 3.63) is 0 Å². The van der Waals surface area contributed by atoms with Gasteiger partial charge in [-0.2, -0.15) is 0 Å². The number of rotatable bonds is 4. The first-order chi connectivity index (χ1) is 4.20. The number of hydrogen-bond acceptors (Lipinski definition) is 3. The van der Waals surface area contributed by atoms with Gasteiger partial charge in [0, 0.05) is 0 Å². The minimum atomic E-state index is 0.576. The first-order valence-electron chi connectivity index (χ1n) is 3.02. The molecule has 1 N–H and O–H groups in total. The Morgan fingerprint density at radius 1 is 1.00 bits per heavy atom. The fourth-order valence-corrected chi connectivity index (χ4v) is 1.23. The van der Waals surface area contributed by atoms with Crippen LogP contribution in [0.1, 0.15) is 13.8 Å². The molecule has 0 bridgehead atoms. The molecule has 0 aromatic heterocycles. The summed E-state index contributed by atoms with van der Waals surface area (Å²) in [7, 11) is 0. The third-order valence-corrected chi connectivity index (χ3v) is 2.86. The van der Waals surface area contributed by atoms with E-state index in [1.54, 1.807) is 0 Å². The Morgan fingerprint density at radius 3 is 1.56 bits per heavy atom. The van der Waals surface area contributed by atoms with E-state index in [1.165, 1.54) is 0 Å². The van der Waals surface area contributed by atoms with Crippen molar-refractivity contribution in [1.82, 2.24) is 5.32 Å². The number of thioether (sulfide) groups is 2. The highest BCUT2D eigenvalue weighted by Crippen LogP contribution is 2.07. The third-order valence-electron chi connectivity index (χ3n) is 1.18. The topological polar surface area (TPSA) is 12.0 Å². The van der Waals surface area contributed by atoms with Crippen LogP contribution in [0.3, 0.4) is 0 Å². The number of hydrogen-bond donors (Lipinski definition) is 1. The summed E-state index contributed by atoms with van der Waals surface area (Å²) in [6.07, 6.45) is 4.23. The van der Waals surface area contributed by atoms with Gasteiger partial charge in [0.25, 0.3) is 0 Å². The highest BCUT2D eigenvalue weighted by molar-refractivity contribution is 8.00. The van der Waals surface area contributed by atoms with Crippen LogP contribution in [0.4, 0.5) is 0 Å². The predicted octanol–water partition coefficient (Wildman–Crippen LogP) is 1.99. The summed E-state index contributed by atoms with van der Waals surface area (Å²) < 4.78 is 0. The van der Waals surface area contributed by atoms with Crippen LogP contribution in [0.2, 0.25) is 0 Å². The SMILES string of the molecule is CSC(C)NC(C)SC. The van der Waals surface area contributed by atoms with Gasteiger partial charge in [0.1, 0.15) is 0 Å². The minimum absolute atomic E-state index is 0.576. The van der Waals surface area contributed by atoms with Crippen molar-refractivity contribution >= 4 is 23.5 Å². The predicted molar refractivity (Wildman–Crippen MR) is 49.1 cm³/mol. The van der Waals surface area contributed by atoms with Crippen molar-refractivity contribution < 1.29 is 0 Å². The largest absolute Gasteiger partial charge is 0.294 e. The summed E-state index contributed by atoms with van der Waals surface area (Å²) in [5.74, 6) is 0. The molecule has 0 radical (unpaired) electrons. The molecule has 1 nitrogen and oxygen atoms in total. The van der Waals surface area contributed by atoms with Gasteiger partial charge in [-0.25, -0.2) is 0 Å². The van der Waals surface area contributed by atoms with E-state index >= 15 is 0 Å². The average molecular weight is 165 g/mol. The Morgan fingerprint density at radius 2 is 1.33 bits per heavy atom. The second-order valence-corrected chi connectivity index (χ2v) is 4.28. The molecule has 0 amide bonds. The molecule has 0 rings (SSSR count). The van der Waals surface area contributed by atoms with Gasteiger partial charge in [-0.05, 0) is 26.4 Å². The van der Waals surface area contributed by atoms with Gasteiger partial charge < -0.3 is 0 Å². The molecule has 3 heteroatoms. The van der Waals surface area contributed by atoms with Crippen LogP contribution in [-0.2, 0) is 0 Å². The molecule has 0 saturated carbocycles. The van der Waals surface area contributed by atoms with E-state index in [0.29, 0.717) is 10.7 Å². The van der Waals surface area contributed by atoms with Crippen LogP contribution in [0, 0.1) is 0 Å². The molecule has 0 spiro atoms. The molecule has 0 aromatic carbocycles. The van der Waals surface area contributed by atoms with E-state index in [1.807, 2.05) is 23.5 Å². The molecule has 0 aliphatic carbocycles. The van der Waals surface area contributed by atoms with E-state index in [0.717, 1.165) is 0 Å². The Kier molecular flexibility index (Phi) is 5.84. The highest BCUT2D eigenvalue weighted by Gasteiger charge is 2.01. The summed E-state index contributed by atoms with van der Waals surface area (Å²) >= 11 is 3.69. The molecule has 0 fully saturated rings. The Hall–Kier alpha value is 0.660. The van der Waals surface area contributed by atoms with E-state index in [4.69, 9.17) is 0 Å². The maximum atomic E-state index is 3.41. The lowest BCUT2D eigenvalue weighted by Crippen LogP contribution is -2.29. The van der Waals surface area contributed by atoms with E-state index in [-0.39, 0.29) is 0 Å². The summed E-state index contributed by atoms with van der Waals surface area (Å²) in [6, 6.07) is 0. The van der Waals surface area contributed by atoms with Crippen molar-refractivity contribution in [3.8, 4) is 0 Å². The monoisotopic (exact) mass is 165 g/mol. The van der Waals surface area contributed by atoms with Crippen LogP contribution in [0.25, 0.3) is 0 Å².